The van der Waals surface area contributed by atoms with Gasteiger partial charge in [-0.25, -0.2) is 4.79 Å². The van der Waals surface area contributed by atoms with Crippen molar-refractivity contribution in [3.05, 3.63) is 35.4 Å². The lowest BCUT2D eigenvalue weighted by molar-refractivity contribution is 0.180. The summed E-state index contributed by atoms with van der Waals surface area (Å²) in [6, 6.07) is 7.74. The summed E-state index contributed by atoms with van der Waals surface area (Å²) in [5, 5.41) is 8.68. The lowest BCUT2D eigenvalue weighted by Gasteiger charge is -2.21. The van der Waals surface area contributed by atoms with Crippen molar-refractivity contribution in [2.75, 3.05) is 27.7 Å². The van der Waals surface area contributed by atoms with Gasteiger partial charge in [0, 0.05) is 39.7 Å². The second kappa shape index (κ2) is 7.45. The molecule has 1 rings (SSSR count). The standard InChI is InChI=1S/C15H20N2O2/c1-16(2)15(19)17(3)12-14-9-6-8-13(11-14)7-4-5-10-18/h6,8-9,11,18H,5,10,12H2,1-3H3. The molecular weight excluding hydrogens is 240 g/mol. The number of aliphatic hydroxyl groups excluding tert-OH is 1. The van der Waals surface area contributed by atoms with Crippen LogP contribution in [0, 0.1) is 11.8 Å². The predicted molar refractivity (Wildman–Crippen MR) is 75.6 cm³/mol. The molecular formula is C15H20N2O2. The zero-order chi connectivity index (χ0) is 14.3. The van der Waals surface area contributed by atoms with Crippen LogP contribution in [0.2, 0.25) is 0 Å². The Morgan fingerprint density at radius 2 is 2.05 bits per heavy atom. The highest BCUT2D eigenvalue weighted by Gasteiger charge is 2.10. The number of carbonyl (C=O) groups excluding carboxylic acids is 1. The molecule has 1 aromatic carbocycles. The molecule has 0 bridgehead atoms. The first-order valence-electron chi connectivity index (χ1n) is 6.15. The second-order valence-electron chi connectivity index (χ2n) is 4.51. The molecule has 0 atom stereocenters. The third-order valence-corrected chi connectivity index (χ3v) is 2.53. The Labute approximate surface area is 114 Å². The van der Waals surface area contributed by atoms with E-state index < -0.39 is 0 Å². The van der Waals surface area contributed by atoms with Crippen molar-refractivity contribution < 1.29 is 9.90 Å². The number of benzene rings is 1. The molecule has 0 unspecified atom stereocenters. The van der Waals surface area contributed by atoms with E-state index >= 15 is 0 Å². The van der Waals surface area contributed by atoms with Crippen LogP contribution < -0.4 is 0 Å². The Hall–Kier alpha value is -1.99. The van der Waals surface area contributed by atoms with Gasteiger partial charge in [0.2, 0.25) is 0 Å². The monoisotopic (exact) mass is 260 g/mol. The van der Waals surface area contributed by atoms with E-state index in [2.05, 4.69) is 11.8 Å². The van der Waals surface area contributed by atoms with Crippen LogP contribution in [-0.4, -0.2) is 48.7 Å². The summed E-state index contributed by atoms with van der Waals surface area (Å²) in [5.74, 6) is 5.87. The number of rotatable bonds is 3. The summed E-state index contributed by atoms with van der Waals surface area (Å²) in [7, 11) is 5.23. The first kappa shape index (κ1) is 15.1. The largest absolute Gasteiger partial charge is 0.395 e. The Morgan fingerprint density at radius 1 is 1.32 bits per heavy atom. The molecule has 4 heteroatoms. The Balaban J connectivity index is 2.73. The number of amides is 2. The molecule has 2 amide bonds. The number of hydrogen-bond donors (Lipinski definition) is 1. The molecule has 0 radical (unpaired) electrons. The predicted octanol–water partition coefficient (Wildman–Crippen LogP) is 1.53. The number of urea groups is 1. The summed E-state index contributed by atoms with van der Waals surface area (Å²) >= 11 is 0. The van der Waals surface area contributed by atoms with Crippen molar-refractivity contribution in [3.8, 4) is 11.8 Å². The van der Waals surface area contributed by atoms with E-state index in [1.54, 1.807) is 30.9 Å². The van der Waals surface area contributed by atoms with Gasteiger partial charge in [-0.05, 0) is 17.7 Å². The molecule has 0 aromatic heterocycles. The van der Waals surface area contributed by atoms with Crippen LogP contribution in [0.5, 0.6) is 0 Å². The van der Waals surface area contributed by atoms with Crippen molar-refractivity contribution >= 4 is 6.03 Å². The number of carbonyl (C=O) groups is 1. The van der Waals surface area contributed by atoms with Crippen LogP contribution in [0.25, 0.3) is 0 Å². The zero-order valence-electron chi connectivity index (χ0n) is 11.7. The lowest BCUT2D eigenvalue weighted by Crippen LogP contribution is -2.35. The zero-order valence-corrected chi connectivity index (χ0v) is 11.7. The van der Waals surface area contributed by atoms with Crippen molar-refractivity contribution in [1.82, 2.24) is 9.80 Å². The third-order valence-electron chi connectivity index (χ3n) is 2.53. The van der Waals surface area contributed by atoms with E-state index in [0.29, 0.717) is 13.0 Å². The molecule has 0 aliphatic rings. The third kappa shape index (κ3) is 5.02. The fourth-order valence-electron chi connectivity index (χ4n) is 1.65. The van der Waals surface area contributed by atoms with E-state index in [-0.39, 0.29) is 12.6 Å². The average molecular weight is 260 g/mol. The van der Waals surface area contributed by atoms with Crippen molar-refractivity contribution in [2.45, 2.75) is 13.0 Å². The maximum absolute atomic E-state index is 11.7. The smallest absolute Gasteiger partial charge is 0.319 e. The van der Waals surface area contributed by atoms with Crippen LogP contribution in [0.1, 0.15) is 17.5 Å². The minimum atomic E-state index is -0.0308. The summed E-state index contributed by atoms with van der Waals surface area (Å²) < 4.78 is 0. The highest BCUT2D eigenvalue weighted by Crippen LogP contribution is 2.07. The topological polar surface area (TPSA) is 43.8 Å². The maximum atomic E-state index is 11.7. The van der Waals surface area contributed by atoms with E-state index in [0.717, 1.165) is 11.1 Å². The van der Waals surface area contributed by atoms with E-state index in [1.165, 1.54) is 0 Å². The molecule has 0 aliphatic carbocycles. The first-order chi connectivity index (χ1) is 9.04. The van der Waals surface area contributed by atoms with Gasteiger partial charge in [-0.1, -0.05) is 24.0 Å². The van der Waals surface area contributed by atoms with Gasteiger partial charge in [0.05, 0.1) is 6.61 Å². The minimum Gasteiger partial charge on any atom is -0.395 e. The fourth-order valence-corrected chi connectivity index (χ4v) is 1.65. The minimum absolute atomic E-state index is 0.0308. The molecule has 102 valence electrons. The SMILES string of the molecule is CN(C)C(=O)N(C)Cc1cccc(C#CCCO)c1. The van der Waals surface area contributed by atoms with Crippen LogP contribution >= 0.6 is 0 Å². The Morgan fingerprint density at radius 3 is 2.68 bits per heavy atom. The summed E-state index contributed by atoms with van der Waals surface area (Å²) in [6.45, 7) is 0.624. The quantitative estimate of drug-likeness (QED) is 0.838. The van der Waals surface area contributed by atoms with Crippen molar-refractivity contribution in [2.24, 2.45) is 0 Å². The average Bonchev–Trinajstić information content (AvgIpc) is 2.38. The summed E-state index contributed by atoms with van der Waals surface area (Å²) in [4.78, 5) is 14.9. The second-order valence-corrected chi connectivity index (χ2v) is 4.51. The molecule has 0 aliphatic heterocycles. The van der Waals surface area contributed by atoms with Gasteiger partial charge in [0.25, 0.3) is 0 Å². The molecule has 0 heterocycles. The normalized spacial score (nSPS) is 9.47. The maximum Gasteiger partial charge on any atom is 0.319 e. The number of hydrogen-bond acceptors (Lipinski definition) is 2. The number of aliphatic hydroxyl groups is 1. The molecule has 0 spiro atoms. The van der Waals surface area contributed by atoms with E-state index in [4.69, 9.17) is 5.11 Å². The molecule has 0 fully saturated rings. The van der Waals surface area contributed by atoms with Gasteiger partial charge in [-0.3, -0.25) is 0 Å². The van der Waals surface area contributed by atoms with Crippen LogP contribution in [-0.2, 0) is 6.54 Å². The molecule has 19 heavy (non-hydrogen) atoms. The summed E-state index contributed by atoms with van der Waals surface area (Å²) in [5.41, 5.74) is 1.94. The van der Waals surface area contributed by atoms with Crippen LogP contribution in [0.3, 0.4) is 0 Å². The number of nitrogens with zero attached hydrogens (tertiary/aromatic N) is 2. The van der Waals surface area contributed by atoms with Gasteiger partial charge in [-0.15, -0.1) is 0 Å². The highest BCUT2D eigenvalue weighted by molar-refractivity contribution is 5.73. The van der Waals surface area contributed by atoms with Gasteiger partial charge >= 0.3 is 6.03 Å². The molecule has 1 aromatic rings. The Kier molecular flexibility index (Phi) is 5.91. The molecule has 4 nitrogen and oxygen atoms in total. The Bertz CT molecular complexity index is 486. The molecule has 1 N–H and O–H groups in total. The summed E-state index contributed by atoms with van der Waals surface area (Å²) in [6.07, 6.45) is 0.475. The van der Waals surface area contributed by atoms with E-state index in [9.17, 15) is 4.79 Å². The molecule has 0 saturated heterocycles. The van der Waals surface area contributed by atoms with E-state index in [1.807, 2.05) is 24.3 Å². The first-order valence-corrected chi connectivity index (χ1v) is 6.15. The lowest BCUT2D eigenvalue weighted by atomic mass is 10.1. The van der Waals surface area contributed by atoms with Crippen LogP contribution in [0.4, 0.5) is 4.79 Å². The molecule has 0 saturated carbocycles. The van der Waals surface area contributed by atoms with Crippen molar-refractivity contribution in [1.29, 1.82) is 0 Å². The van der Waals surface area contributed by atoms with Gasteiger partial charge in [0.15, 0.2) is 0 Å². The fraction of sp³-hybridized carbons (Fsp3) is 0.400. The van der Waals surface area contributed by atoms with Crippen molar-refractivity contribution in [3.63, 3.8) is 0 Å². The van der Waals surface area contributed by atoms with Crippen LogP contribution in [0.15, 0.2) is 24.3 Å². The van der Waals surface area contributed by atoms with Gasteiger partial charge < -0.3 is 14.9 Å². The van der Waals surface area contributed by atoms with Gasteiger partial charge in [-0.2, -0.15) is 0 Å². The van der Waals surface area contributed by atoms with Gasteiger partial charge in [0.1, 0.15) is 0 Å². The highest BCUT2D eigenvalue weighted by atomic mass is 16.2.